The van der Waals surface area contributed by atoms with Gasteiger partial charge in [-0.05, 0) is 12.8 Å². The Labute approximate surface area is 113 Å². The molecule has 0 saturated carbocycles. The number of sulfone groups is 1. The standard InChI is InChI=1S/C13H18N2O3S/c1-2-6-15(12-5-7-19(17,18)9-12)13(16)10-3-4-11(14)8-10/h1,3-4,10-12H,5-9,14H2. The second-order valence-corrected chi connectivity index (χ2v) is 7.35. The summed E-state index contributed by atoms with van der Waals surface area (Å²) in [7, 11) is -3.03. The molecule has 1 amide bonds. The Morgan fingerprint density at radius 3 is 2.68 bits per heavy atom. The van der Waals surface area contributed by atoms with Gasteiger partial charge in [-0.15, -0.1) is 6.42 Å². The van der Waals surface area contributed by atoms with Crippen LogP contribution in [0.5, 0.6) is 0 Å². The Kier molecular flexibility index (Phi) is 3.97. The van der Waals surface area contributed by atoms with Gasteiger partial charge in [0.05, 0.1) is 24.0 Å². The first-order chi connectivity index (χ1) is 8.93. The predicted molar refractivity (Wildman–Crippen MR) is 72.8 cm³/mol. The van der Waals surface area contributed by atoms with E-state index in [4.69, 9.17) is 12.2 Å². The summed E-state index contributed by atoms with van der Waals surface area (Å²) >= 11 is 0. The number of nitrogens with two attached hydrogens (primary N) is 1. The number of hydrogen-bond acceptors (Lipinski definition) is 4. The van der Waals surface area contributed by atoms with E-state index in [1.807, 2.05) is 6.08 Å². The summed E-state index contributed by atoms with van der Waals surface area (Å²) in [4.78, 5) is 13.9. The zero-order chi connectivity index (χ0) is 14.0. The number of nitrogens with zero attached hydrogens (tertiary/aromatic N) is 1. The van der Waals surface area contributed by atoms with Crippen molar-refractivity contribution >= 4 is 15.7 Å². The highest BCUT2D eigenvalue weighted by atomic mass is 32.2. The van der Waals surface area contributed by atoms with Crippen LogP contribution in [-0.2, 0) is 14.6 Å². The number of rotatable bonds is 3. The van der Waals surface area contributed by atoms with E-state index < -0.39 is 9.84 Å². The van der Waals surface area contributed by atoms with Crippen molar-refractivity contribution < 1.29 is 13.2 Å². The Balaban J connectivity index is 2.10. The zero-order valence-corrected chi connectivity index (χ0v) is 11.5. The molecule has 0 spiro atoms. The molecule has 0 aromatic heterocycles. The summed E-state index contributed by atoms with van der Waals surface area (Å²) in [6.45, 7) is 0.151. The maximum atomic E-state index is 12.4. The van der Waals surface area contributed by atoms with Crippen molar-refractivity contribution in [3.63, 3.8) is 0 Å². The normalized spacial score (nSPS) is 32.1. The molecule has 1 saturated heterocycles. The quantitative estimate of drug-likeness (QED) is 0.561. The summed E-state index contributed by atoms with van der Waals surface area (Å²) in [5, 5.41) is 0. The van der Waals surface area contributed by atoms with Gasteiger partial charge in [0.1, 0.15) is 0 Å². The molecular weight excluding hydrogens is 264 g/mol. The molecule has 3 atom stereocenters. The van der Waals surface area contributed by atoms with Gasteiger partial charge in [0.2, 0.25) is 5.91 Å². The van der Waals surface area contributed by atoms with Crippen LogP contribution >= 0.6 is 0 Å². The monoisotopic (exact) mass is 282 g/mol. The van der Waals surface area contributed by atoms with E-state index in [2.05, 4.69) is 5.92 Å². The number of carbonyl (C=O) groups is 1. The molecule has 19 heavy (non-hydrogen) atoms. The van der Waals surface area contributed by atoms with Crippen molar-refractivity contribution in [2.75, 3.05) is 18.1 Å². The Morgan fingerprint density at radius 1 is 1.47 bits per heavy atom. The molecule has 0 aromatic carbocycles. The second kappa shape index (κ2) is 5.35. The highest BCUT2D eigenvalue weighted by molar-refractivity contribution is 7.91. The molecule has 6 heteroatoms. The highest BCUT2D eigenvalue weighted by Crippen LogP contribution is 2.24. The van der Waals surface area contributed by atoms with Gasteiger partial charge in [0, 0.05) is 12.1 Å². The maximum absolute atomic E-state index is 12.4. The molecule has 2 N–H and O–H groups in total. The third-order valence-corrected chi connectivity index (χ3v) is 5.38. The molecular formula is C13H18N2O3S. The van der Waals surface area contributed by atoms with E-state index in [0.29, 0.717) is 12.8 Å². The molecule has 0 radical (unpaired) electrons. The fraction of sp³-hybridized carbons (Fsp3) is 0.615. The topological polar surface area (TPSA) is 80.5 Å². The highest BCUT2D eigenvalue weighted by Gasteiger charge is 2.37. The van der Waals surface area contributed by atoms with Crippen LogP contribution in [0, 0.1) is 18.3 Å². The van der Waals surface area contributed by atoms with E-state index >= 15 is 0 Å². The summed E-state index contributed by atoms with van der Waals surface area (Å²) in [5.41, 5.74) is 5.74. The zero-order valence-electron chi connectivity index (χ0n) is 10.7. The molecule has 1 heterocycles. The second-order valence-electron chi connectivity index (χ2n) is 5.12. The van der Waals surface area contributed by atoms with E-state index in [-0.39, 0.29) is 42.0 Å². The Hall–Kier alpha value is -1.32. The van der Waals surface area contributed by atoms with Gasteiger partial charge in [0.15, 0.2) is 9.84 Å². The van der Waals surface area contributed by atoms with Crippen LogP contribution < -0.4 is 5.73 Å². The minimum Gasteiger partial charge on any atom is -0.327 e. The third-order valence-electron chi connectivity index (χ3n) is 3.63. The lowest BCUT2D eigenvalue weighted by Crippen LogP contribution is -2.44. The van der Waals surface area contributed by atoms with E-state index in [1.54, 1.807) is 6.08 Å². The molecule has 1 aliphatic heterocycles. The third kappa shape index (κ3) is 3.17. The first-order valence-corrected chi connectivity index (χ1v) is 8.13. The molecule has 2 aliphatic rings. The van der Waals surface area contributed by atoms with Crippen molar-refractivity contribution in [2.45, 2.75) is 24.9 Å². The minimum absolute atomic E-state index is 0.0168. The van der Waals surface area contributed by atoms with Crippen LogP contribution in [-0.4, -0.2) is 49.4 Å². The molecule has 2 rings (SSSR count). The molecule has 104 valence electrons. The van der Waals surface area contributed by atoms with Crippen LogP contribution in [0.15, 0.2) is 12.2 Å². The van der Waals surface area contributed by atoms with Crippen molar-refractivity contribution in [3.8, 4) is 12.3 Å². The summed E-state index contributed by atoms with van der Waals surface area (Å²) in [6, 6.07) is -0.396. The number of hydrogen-bond donors (Lipinski definition) is 1. The van der Waals surface area contributed by atoms with Gasteiger partial charge < -0.3 is 10.6 Å². The molecule has 1 fully saturated rings. The maximum Gasteiger partial charge on any atom is 0.230 e. The molecule has 3 unspecified atom stereocenters. The first kappa shape index (κ1) is 14.1. The molecule has 0 aromatic rings. The lowest BCUT2D eigenvalue weighted by Gasteiger charge is -2.28. The van der Waals surface area contributed by atoms with Gasteiger partial charge in [-0.3, -0.25) is 4.79 Å². The van der Waals surface area contributed by atoms with Crippen molar-refractivity contribution in [1.29, 1.82) is 0 Å². The van der Waals surface area contributed by atoms with Gasteiger partial charge in [0.25, 0.3) is 0 Å². The molecule has 5 nitrogen and oxygen atoms in total. The van der Waals surface area contributed by atoms with Crippen molar-refractivity contribution in [3.05, 3.63) is 12.2 Å². The van der Waals surface area contributed by atoms with E-state index in [1.165, 1.54) is 4.90 Å². The van der Waals surface area contributed by atoms with Crippen LogP contribution in [0.1, 0.15) is 12.8 Å². The number of terminal acetylenes is 1. The van der Waals surface area contributed by atoms with Crippen LogP contribution in [0.2, 0.25) is 0 Å². The number of carbonyl (C=O) groups excluding carboxylic acids is 1. The van der Waals surface area contributed by atoms with Gasteiger partial charge >= 0.3 is 0 Å². The van der Waals surface area contributed by atoms with E-state index in [0.717, 1.165) is 0 Å². The summed E-state index contributed by atoms with van der Waals surface area (Å²) < 4.78 is 23.0. The Morgan fingerprint density at radius 2 is 2.21 bits per heavy atom. The average Bonchev–Trinajstić information content (AvgIpc) is 2.91. The fourth-order valence-corrected chi connectivity index (χ4v) is 4.36. The van der Waals surface area contributed by atoms with Crippen LogP contribution in [0.25, 0.3) is 0 Å². The van der Waals surface area contributed by atoms with Crippen molar-refractivity contribution in [2.24, 2.45) is 11.7 Å². The average molecular weight is 282 g/mol. The Bertz CT molecular complexity index is 533. The lowest BCUT2D eigenvalue weighted by molar-refractivity contribution is -0.135. The van der Waals surface area contributed by atoms with Gasteiger partial charge in [-0.25, -0.2) is 8.42 Å². The SMILES string of the molecule is C#CCN(C(=O)C1C=CC(N)C1)C1CCS(=O)(=O)C1. The predicted octanol–water partition coefficient (Wildman–Crippen LogP) is -0.461. The van der Waals surface area contributed by atoms with Crippen LogP contribution in [0.4, 0.5) is 0 Å². The number of amides is 1. The smallest absolute Gasteiger partial charge is 0.230 e. The lowest BCUT2D eigenvalue weighted by atomic mass is 10.0. The van der Waals surface area contributed by atoms with E-state index in [9.17, 15) is 13.2 Å². The van der Waals surface area contributed by atoms with Crippen LogP contribution in [0.3, 0.4) is 0 Å². The van der Waals surface area contributed by atoms with Gasteiger partial charge in [-0.1, -0.05) is 18.1 Å². The van der Waals surface area contributed by atoms with Gasteiger partial charge in [-0.2, -0.15) is 0 Å². The largest absolute Gasteiger partial charge is 0.327 e. The minimum atomic E-state index is -3.03. The van der Waals surface area contributed by atoms with Crippen molar-refractivity contribution in [1.82, 2.24) is 4.90 Å². The molecule has 0 bridgehead atoms. The fourth-order valence-electron chi connectivity index (χ4n) is 2.63. The summed E-state index contributed by atoms with van der Waals surface area (Å²) in [5.74, 6) is 2.21. The summed E-state index contributed by atoms with van der Waals surface area (Å²) in [6.07, 6.45) is 9.93. The molecule has 1 aliphatic carbocycles. The first-order valence-electron chi connectivity index (χ1n) is 6.31.